The number of fused-ring (bicyclic) bond motifs is 1. The number of anilines is 2. The highest BCUT2D eigenvalue weighted by atomic mass is 15.2. The topological polar surface area (TPSA) is 55.0 Å². The first-order chi connectivity index (χ1) is 9.29. The van der Waals surface area contributed by atoms with Gasteiger partial charge >= 0.3 is 0 Å². The van der Waals surface area contributed by atoms with Gasteiger partial charge < -0.3 is 10.6 Å². The van der Waals surface area contributed by atoms with Gasteiger partial charge in [-0.15, -0.1) is 0 Å². The molecule has 1 fully saturated rings. The van der Waals surface area contributed by atoms with Gasteiger partial charge in [0, 0.05) is 12.6 Å². The molecular weight excluding hydrogens is 236 g/mol. The molecule has 0 radical (unpaired) electrons. The summed E-state index contributed by atoms with van der Waals surface area (Å²) in [6.07, 6.45) is 4.87. The number of hydrogen-bond donors (Lipinski definition) is 1. The first-order valence-electron chi connectivity index (χ1n) is 7.08. The van der Waals surface area contributed by atoms with Crippen LogP contribution in [0.4, 0.5) is 11.6 Å². The van der Waals surface area contributed by atoms with Crippen LogP contribution in [0, 0.1) is 0 Å². The number of aromatic nitrogens is 2. The SMILES string of the molecule is CCC1CCCCN1c1nc2ccccc2nc1N. The lowest BCUT2D eigenvalue weighted by Crippen LogP contribution is -2.40. The van der Waals surface area contributed by atoms with Crippen LogP contribution < -0.4 is 10.6 Å². The Morgan fingerprint density at radius 3 is 2.68 bits per heavy atom. The quantitative estimate of drug-likeness (QED) is 0.897. The van der Waals surface area contributed by atoms with Crippen molar-refractivity contribution in [3.05, 3.63) is 24.3 Å². The Bertz CT molecular complexity index is 581. The highest BCUT2D eigenvalue weighted by Gasteiger charge is 2.24. The van der Waals surface area contributed by atoms with E-state index in [4.69, 9.17) is 10.7 Å². The van der Waals surface area contributed by atoms with Crippen molar-refractivity contribution < 1.29 is 0 Å². The maximum Gasteiger partial charge on any atom is 0.172 e. The summed E-state index contributed by atoms with van der Waals surface area (Å²) in [4.78, 5) is 11.6. The van der Waals surface area contributed by atoms with E-state index in [0.717, 1.165) is 29.8 Å². The third-order valence-electron chi connectivity index (χ3n) is 3.95. The van der Waals surface area contributed by atoms with Crippen molar-refractivity contribution >= 4 is 22.7 Å². The van der Waals surface area contributed by atoms with Crippen molar-refractivity contribution in [3.63, 3.8) is 0 Å². The minimum atomic E-state index is 0.548. The van der Waals surface area contributed by atoms with E-state index in [1.165, 1.54) is 19.3 Å². The van der Waals surface area contributed by atoms with Crippen LogP contribution in [0.1, 0.15) is 32.6 Å². The molecule has 0 bridgehead atoms. The highest BCUT2D eigenvalue weighted by molar-refractivity contribution is 5.79. The van der Waals surface area contributed by atoms with E-state index >= 15 is 0 Å². The molecule has 4 heteroatoms. The second-order valence-electron chi connectivity index (χ2n) is 5.17. The normalized spacial score (nSPS) is 19.8. The minimum Gasteiger partial charge on any atom is -0.381 e. The monoisotopic (exact) mass is 256 g/mol. The summed E-state index contributed by atoms with van der Waals surface area (Å²) < 4.78 is 0. The Kier molecular flexibility index (Phi) is 3.23. The van der Waals surface area contributed by atoms with Gasteiger partial charge in [-0.05, 0) is 37.8 Å². The largest absolute Gasteiger partial charge is 0.381 e. The zero-order chi connectivity index (χ0) is 13.2. The number of nitrogens with zero attached hydrogens (tertiary/aromatic N) is 3. The third kappa shape index (κ3) is 2.23. The maximum atomic E-state index is 6.12. The minimum absolute atomic E-state index is 0.548. The molecule has 3 rings (SSSR count). The summed E-state index contributed by atoms with van der Waals surface area (Å²) in [5, 5.41) is 0. The molecule has 1 unspecified atom stereocenters. The van der Waals surface area contributed by atoms with Gasteiger partial charge in [0.25, 0.3) is 0 Å². The molecule has 19 heavy (non-hydrogen) atoms. The van der Waals surface area contributed by atoms with Crippen LogP contribution in [0.3, 0.4) is 0 Å². The Morgan fingerprint density at radius 2 is 1.95 bits per heavy atom. The molecular formula is C15H20N4. The standard InChI is InChI=1S/C15H20N4/c1-2-11-7-5-6-10-19(11)15-14(16)17-12-8-3-4-9-13(12)18-15/h3-4,8-9,11H,2,5-7,10H2,1H3,(H2,16,17). The lowest BCUT2D eigenvalue weighted by Gasteiger charge is -2.36. The zero-order valence-electron chi connectivity index (χ0n) is 11.3. The fourth-order valence-corrected chi connectivity index (χ4v) is 2.92. The van der Waals surface area contributed by atoms with Crippen LogP contribution in [0.5, 0.6) is 0 Å². The molecule has 4 nitrogen and oxygen atoms in total. The fourth-order valence-electron chi connectivity index (χ4n) is 2.92. The third-order valence-corrected chi connectivity index (χ3v) is 3.95. The first-order valence-corrected chi connectivity index (χ1v) is 7.08. The van der Waals surface area contributed by atoms with Gasteiger partial charge in [0.05, 0.1) is 11.0 Å². The van der Waals surface area contributed by atoms with Crippen molar-refractivity contribution in [2.45, 2.75) is 38.6 Å². The summed E-state index contributed by atoms with van der Waals surface area (Å²) >= 11 is 0. The van der Waals surface area contributed by atoms with E-state index in [0.29, 0.717) is 11.9 Å². The summed E-state index contributed by atoms with van der Waals surface area (Å²) in [6.45, 7) is 3.27. The Morgan fingerprint density at radius 1 is 1.21 bits per heavy atom. The Balaban J connectivity index is 2.05. The number of hydrogen-bond acceptors (Lipinski definition) is 4. The lowest BCUT2D eigenvalue weighted by molar-refractivity contribution is 0.447. The zero-order valence-corrected chi connectivity index (χ0v) is 11.3. The average Bonchev–Trinajstić information content (AvgIpc) is 2.46. The van der Waals surface area contributed by atoms with E-state index in [2.05, 4.69) is 16.8 Å². The number of para-hydroxylation sites is 2. The van der Waals surface area contributed by atoms with Gasteiger partial charge in [0.15, 0.2) is 11.6 Å². The van der Waals surface area contributed by atoms with Gasteiger partial charge in [-0.1, -0.05) is 19.1 Å². The summed E-state index contributed by atoms with van der Waals surface area (Å²) in [6, 6.07) is 8.45. The Labute approximate surface area is 113 Å². The number of nitrogens with two attached hydrogens (primary N) is 1. The maximum absolute atomic E-state index is 6.12. The van der Waals surface area contributed by atoms with Crippen molar-refractivity contribution in [2.75, 3.05) is 17.2 Å². The number of nitrogen functional groups attached to an aromatic ring is 1. The van der Waals surface area contributed by atoms with E-state index in [1.807, 2.05) is 24.3 Å². The molecule has 1 saturated heterocycles. The molecule has 1 atom stereocenters. The van der Waals surface area contributed by atoms with Crippen LogP contribution in [0.25, 0.3) is 11.0 Å². The van der Waals surface area contributed by atoms with Crippen LogP contribution in [0.15, 0.2) is 24.3 Å². The Hall–Kier alpha value is -1.84. The van der Waals surface area contributed by atoms with E-state index in [9.17, 15) is 0 Å². The lowest BCUT2D eigenvalue weighted by atomic mass is 10.00. The van der Waals surface area contributed by atoms with Gasteiger partial charge in [-0.2, -0.15) is 0 Å². The fraction of sp³-hybridized carbons (Fsp3) is 0.467. The molecule has 0 spiro atoms. The molecule has 1 aromatic heterocycles. The first kappa shape index (κ1) is 12.2. The van der Waals surface area contributed by atoms with Gasteiger partial charge in [0.2, 0.25) is 0 Å². The second-order valence-corrected chi connectivity index (χ2v) is 5.17. The summed E-state index contributed by atoms with van der Waals surface area (Å²) in [5.41, 5.74) is 7.91. The number of rotatable bonds is 2. The van der Waals surface area contributed by atoms with Crippen LogP contribution in [0.2, 0.25) is 0 Å². The van der Waals surface area contributed by atoms with Crippen molar-refractivity contribution in [2.24, 2.45) is 0 Å². The predicted octanol–water partition coefficient (Wildman–Crippen LogP) is 2.98. The summed E-state index contributed by atoms with van der Waals surface area (Å²) in [7, 11) is 0. The highest BCUT2D eigenvalue weighted by Crippen LogP contribution is 2.29. The molecule has 2 N–H and O–H groups in total. The van der Waals surface area contributed by atoms with Crippen LogP contribution in [-0.4, -0.2) is 22.6 Å². The number of piperidine rings is 1. The molecule has 100 valence electrons. The van der Waals surface area contributed by atoms with Crippen molar-refractivity contribution in [1.29, 1.82) is 0 Å². The van der Waals surface area contributed by atoms with Gasteiger partial charge in [-0.25, -0.2) is 9.97 Å². The van der Waals surface area contributed by atoms with Crippen molar-refractivity contribution in [1.82, 2.24) is 9.97 Å². The van der Waals surface area contributed by atoms with Crippen molar-refractivity contribution in [3.8, 4) is 0 Å². The van der Waals surface area contributed by atoms with Crippen LogP contribution >= 0.6 is 0 Å². The predicted molar refractivity (Wildman–Crippen MR) is 79.2 cm³/mol. The molecule has 0 aliphatic carbocycles. The molecule has 1 aliphatic heterocycles. The summed E-state index contributed by atoms with van der Waals surface area (Å²) in [5.74, 6) is 1.42. The molecule has 2 heterocycles. The van der Waals surface area contributed by atoms with E-state index in [-0.39, 0.29) is 0 Å². The molecule has 2 aromatic rings. The molecule has 0 saturated carbocycles. The van der Waals surface area contributed by atoms with Crippen LogP contribution in [-0.2, 0) is 0 Å². The van der Waals surface area contributed by atoms with Gasteiger partial charge in [-0.3, -0.25) is 0 Å². The molecule has 1 aliphatic rings. The average molecular weight is 256 g/mol. The smallest absolute Gasteiger partial charge is 0.172 e. The van der Waals surface area contributed by atoms with E-state index < -0.39 is 0 Å². The molecule has 1 aromatic carbocycles. The van der Waals surface area contributed by atoms with E-state index in [1.54, 1.807) is 0 Å². The number of benzene rings is 1. The molecule has 0 amide bonds. The van der Waals surface area contributed by atoms with Gasteiger partial charge in [0.1, 0.15) is 0 Å². The second kappa shape index (κ2) is 5.03.